The third-order valence-electron chi connectivity index (χ3n) is 3.10. The molecule has 0 bridgehead atoms. The van der Waals surface area contributed by atoms with Gasteiger partial charge in [0.15, 0.2) is 5.78 Å². The molecule has 1 aliphatic rings. The molecule has 0 unspecified atom stereocenters. The van der Waals surface area contributed by atoms with E-state index in [1.54, 1.807) is 19.5 Å². The van der Waals surface area contributed by atoms with Crippen LogP contribution in [0, 0.1) is 6.92 Å². The number of aromatic nitrogens is 1. The van der Waals surface area contributed by atoms with Crippen LogP contribution in [0.25, 0.3) is 0 Å². The minimum Gasteiger partial charge on any atom is -0.370 e. The Balaban J connectivity index is 2.27. The van der Waals surface area contributed by atoms with E-state index in [9.17, 15) is 4.79 Å². The van der Waals surface area contributed by atoms with Gasteiger partial charge in [0.05, 0.1) is 0 Å². The van der Waals surface area contributed by atoms with Crippen LogP contribution in [0.3, 0.4) is 0 Å². The van der Waals surface area contributed by atoms with Crippen LogP contribution in [0.5, 0.6) is 0 Å². The lowest BCUT2D eigenvalue weighted by Gasteiger charge is -2.38. The summed E-state index contributed by atoms with van der Waals surface area (Å²) in [6, 6.07) is 1.87. The Labute approximate surface area is 89.5 Å². The number of methoxy groups -OCH3 is 1. The molecule has 2 rings (SSSR count). The quantitative estimate of drug-likeness (QED) is 0.710. The maximum Gasteiger partial charge on any atom is 0.196 e. The molecule has 0 aliphatic heterocycles. The molecule has 1 fully saturated rings. The highest BCUT2D eigenvalue weighted by Crippen LogP contribution is 2.37. The summed E-state index contributed by atoms with van der Waals surface area (Å²) in [5, 5.41) is 0. The van der Waals surface area contributed by atoms with Crippen LogP contribution in [0.2, 0.25) is 0 Å². The van der Waals surface area contributed by atoms with E-state index in [1.807, 2.05) is 13.0 Å². The van der Waals surface area contributed by atoms with Gasteiger partial charge in [0.25, 0.3) is 0 Å². The van der Waals surface area contributed by atoms with Crippen LogP contribution in [0.1, 0.15) is 35.2 Å². The summed E-state index contributed by atoms with van der Waals surface area (Å²) in [6.07, 6.45) is 6.09. The summed E-state index contributed by atoms with van der Waals surface area (Å²) in [5.41, 5.74) is 1.11. The summed E-state index contributed by atoms with van der Waals surface area (Å²) in [6.45, 7) is 1.93. The molecule has 80 valence electrons. The predicted octanol–water partition coefficient (Wildman–Crippen LogP) is 2.14. The summed E-state index contributed by atoms with van der Waals surface area (Å²) < 4.78 is 5.35. The summed E-state index contributed by atoms with van der Waals surface area (Å²) >= 11 is 0. The summed E-state index contributed by atoms with van der Waals surface area (Å²) in [5.74, 6) is 0.0763. The standard InChI is InChI=1S/C12H15NO2/c1-9-6-10(8-13-7-9)11(14)12(15-2)4-3-5-12/h6-8H,3-5H2,1-2H3. The van der Waals surface area contributed by atoms with Crippen LogP contribution in [0.15, 0.2) is 18.5 Å². The Hall–Kier alpha value is -1.22. The number of hydrogen-bond acceptors (Lipinski definition) is 3. The molecule has 0 radical (unpaired) electrons. The minimum absolute atomic E-state index is 0.0763. The number of aryl methyl sites for hydroxylation is 1. The number of rotatable bonds is 3. The van der Waals surface area contributed by atoms with E-state index in [0.29, 0.717) is 5.56 Å². The second-order valence-electron chi connectivity index (χ2n) is 4.13. The zero-order chi connectivity index (χ0) is 10.9. The summed E-state index contributed by atoms with van der Waals surface area (Å²) in [7, 11) is 1.61. The van der Waals surface area contributed by atoms with Crippen molar-refractivity contribution in [3.05, 3.63) is 29.6 Å². The lowest BCUT2D eigenvalue weighted by molar-refractivity contribution is -0.0448. The van der Waals surface area contributed by atoms with Gasteiger partial charge in [-0.3, -0.25) is 9.78 Å². The van der Waals surface area contributed by atoms with E-state index in [0.717, 1.165) is 24.8 Å². The molecule has 0 amide bonds. The van der Waals surface area contributed by atoms with Crippen molar-refractivity contribution < 1.29 is 9.53 Å². The minimum atomic E-state index is -0.560. The number of ether oxygens (including phenoxy) is 1. The van der Waals surface area contributed by atoms with Crippen LogP contribution >= 0.6 is 0 Å². The summed E-state index contributed by atoms with van der Waals surface area (Å²) in [4.78, 5) is 16.2. The van der Waals surface area contributed by atoms with E-state index in [-0.39, 0.29) is 5.78 Å². The number of nitrogens with zero attached hydrogens (tertiary/aromatic N) is 1. The first-order valence-electron chi connectivity index (χ1n) is 5.19. The van der Waals surface area contributed by atoms with Crippen LogP contribution in [0.4, 0.5) is 0 Å². The molecule has 0 aromatic carbocycles. The zero-order valence-corrected chi connectivity index (χ0v) is 9.12. The fraction of sp³-hybridized carbons (Fsp3) is 0.500. The van der Waals surface area contributed by atoms with Gasteiger partial charge in [-0.15, -0.1) is 0 Å². The maximum absolute atomic E-state index is 12.2. The predicted molar refractivity (Wildman–Crippen MR) is 56.9 cm³/mol. The van der Waals surface area contributed by atoms with Crippen molar-refractivity contribution in [2.45, 2.75) is 31.8 Å². The zero-order valence-electron chi connectivity index (χ0n) is 9.12. The van der Waals surface area contributed by atoms with Gasteiger partial charge >= 0.3 is 0 Å². The van der Waals surface area contributed by atoms with E-state index < -0.39 is 5.60 Å². The van der Waals surface area contributed by atoms with Crippen molar-refractivity contribution in [1.82, 2.24) is 4.98 Å². The van der Waals surface area contributed by atoms with Crippen LogP contribution < -0.4 is 0 Å². The Bertz CT molecular complexity index is 377. The second-order valence-corrected chi connectivity index (χ2v) is 4.13. The van der Waals surface area contributed by atoms with Gasteiger partial charge < -0.3 is 4.74 Å². The van der Waals surface area contributed by atoms with Gasteiger partial charge in [0, 0.05) is 25.1 Å². The lowest BCUT2D eigenvalue weighted by Crippen LogP contribution is -2.47. The molecule has 1 aliphatic carbocycles. The number of pyridine rings is 1. The molecule has 3 heteroatoms. The molecule has 0 atom stereocenters. The lowest BCUT2D eigenvalue weighted by atomic mass is 9.75. The SMILES string of the molecule is COC1(C(=O)c2cncc(C)c2)CCC1. The highest BCUT2D eigenvalue weighted by atomic mass is 16.5. The van der Waals surface area contributed by atoms with Crippen molar-refractivity contribution in [2.75, 3.05) is 7.11 Å². The fourth-order valence-electron chi connectivity index (χ4n) is 1.96. The van der Waals surface area contributed by atoms with Crippen molar-refractivity contribution in [1.29, 1.82) is 0 Å². The van der Waals surface area contributed by atoms with Gasteiger partial charge in [0.1, 0.15) is 5.60 Å². The highest BCUT2D eigenvalue weighted by Gasteiger charge is 2.44. The molecule has 15 heavy (non-hydrogen) atoms. The normalized spacial score (nSPS) is 18.3. The Morgan fingerprint density at radius 1 is 1.47 bits per heavy atom. The van der Waals surface area contributed by atoms with Gasteiger partial charge in [-0.25, -0.2) is 0 Å². The number of carbonyl (C=O) groups excluding carboxylic acids is 1. The largest absolute Gasteiger partial charge is 0.370 e. The molecule has 0 N–H and O–H groups in total. The second kappa shape index (κ2) is 3.74. The smallest absolute Gasteiger partial charge is 0.196 e. The molecular formula is C12H15NO2. The topological polar surface area (TPSA) is 39.2 Å². The van der Waals surface area contributed by atoms with Crippen molar-refractivity contribution >= 4 is 5.78 Å². The van der Waals surface area contributed by atoms with E-state index in [2.05, 4.69) is 4.98 Å². The average Bonchev–Trinajstić information content (AvgIpc) is 2.17. The maximum atomic E-state index is 12.2. The number of ketones is 1. The van der Waals surface area contributed by atoms with Gasteiger partial charge in [-0.1, -0.05) is 0 Å². The molecular weight excluding hydrogens is 190 g/mol. The number of carbonyl (C=O) groups is 1. The molecule has 1 aromatic rings. The van der Waals surface area contributed by atoms with Crippen molar-refractivity contribution in [2.24, 2.45) is 0 Å². The molecule has 0 saturated heterocycles. The molecule has 1 saturated carbocycles. The molecule has 1 aromatic heterocycles. The molecule has 1 heterocycles. The van der Waals surface area contributed by atoms with E-state index >= 15 is 0 Å². The first-order chi connectivity index (χ1) is 7.18. The number of Topliss-reactive ketones (excluding diaryl/α,β-unsaturated/α-hetero) is 1. The first-order valence-corrected chi connectivity index (χ1v) is 5.19. The Morgan fingerprint density at radius 2 is 2.20 bits per heavy atom. The Morgan fingerprint density at radius 3 is 2.67 bits per heavy atom. The van der Waals surface area contributed by atoms with Crippen LogP contribution in [-0.2, 0) is 4.74 Å². The highest BCUT2D eigenvalue weighted by molar-refractivity contribution is 6.03. The van der Waals surface area contributed by atoms with Gasteiger partial charge in [-0.2, -0.15) is 0 Å². The van der Waals surface area contributed by atoms with Crippen LogP contribution in [-0.4, -0.2) is 23.5 Å². The number of hydrogen-bond donors (Lipinski definition) is 0. The average molecular weight is 205 g/mol. The van der Waals surface area contributed by atoms with Gasteiger partial charge in [-0.05, 0) is 37.8 Å². The third-order valence-corrected chi connectivity index (χ3v) is 3.10. The molecule has 3 nitrogen and oxygen atoms in total. The van der Waals surface area contributed by atoms with Crippen molar-refractivity contribution in [3.63, 3.8) is 0 Å². The first kappa shape index (κ1) is 10.3. The van der Waals surface area contributed by atoms with E-state index in [4.69, 9.17) is 4.74 Å². The monoisotopic (exact) mass is 205 g/mol. The van der Waals surface area contributed by atoms with E-state index in [1.165, 1.54) is 0 Å². The van der Waals surface area contributed by atoms with Gasteiger partial charge in [0.2, 0.25) is 0 Å². The fourth-order valence-corrected chi connectivity index (χ4v) is 1.96. The van der Waals surface area contributed by atoms with Crippen molar-refractivity contribution in [3.8, 4) is 0 Å². The Kier molecular flexibility index (Phi) is 2.57. The third kappa shape index (κ3) is 1.67. The molecule has 0 spiro atoms.